The summed E-state index contributed by atoms with van der Waals surface area (Å²) in [6.07, 6.45) is -1.09. The highest BCUT2D eigenvalue weighted by Crippen LogP contribution is 2.32. The predicted molar refractivity (Wildman–Crippen MR) is 125 cm³/mol. The van der Waals surface area contributed by atoms with Gasteiger partial charge in [0, 0.05) is 30.3 Å². The monoisotopic (exact) mass is 457 g/mol. The van der Waals surface area contributed by atoms with Gasteiger partial charge in [-0.1, -0.05) is 54.6 Å². The summed E-state index contributed by atoms with van der Waals surface area (Å²) in [6, 6.07) is 18.9. The molecule has 32 heavy (non-hydrogen) atoms. The third-order valence-electron chi connectivity index (χ3n) is 4.91. The minimum atomic E-state index is -1.09. The number of nitrogens with two attached hydrogens (primary N) is 1. The third kappa shape index (κ3) is 5.63. The number of ether oxygens (including phenoxy) is 2. The standard InChI is InChI=1S/C24H24FN3O3.ClH/c1-30-21-6-4-3-5-18(21)17-11-12-19(20(25)13-17)22(31-2)24(29)28-14-15-7-9-16(10-8-15)23(26)27;/h3-13,22H,14H2,1-2H3,(H3,26,27)(H,28,29);1H. The van der Waals surface area contributed by atoms with Gasteiger partial charge in [-0.3, -0.25) is 10.2 Å². The van der Waals surface area contributed by atoms with Crippen LogP contribution in [0.2, 0.25) is 0 Å². The highest BCUT2D eigenvalue weighted by Gasteiger charge is 2.24. The van der Waals surface area contributed by atoms with Crippen molar-refractivity contribution in [3.8, 4) is 16.9 Å². The molecule has 1 atom stereocenters. The van der Waals surface area contributed by atoms with Crippen molar-refractivity contribution >= 4 is 24.1 Å². The molecular formula is C24H25ClFN3O3. The van der Waals surface area contributed by atoms with Crippen LogP contribution in [0, 0.1) is 11.2 Å². The Morgan fingerprint density at radius 2 is 1.78 bits per heavy atom. The van der Waals surface area contributed by atoms with Crippen molar-refractivity contribution < 1.29 is 18.7 Å². The van der Waals surface area contributed by atoms with E-state index in [1.165, 1.54) is 13.2 Å². The number of carbonyl (C=O) groups excluding carboxylic acids is 1. The summed E-state index contributed by atoms with van der Waals surface area (Å²) in [5.74, 6) is -0.396. The molecule has 168 valence electrons. The molecule has 0 bridgehead atoms. The number of halogens is 2. The Morgan fingerprint density at radius 1 is 1.09 bits per heavy atom. The van der Waals surface area contributed by atoms with Gasteiger partial charge in [-0.2, -0.15) is 0 Å². The first-order valence-corrected chi connectivity index (χ1v) is 9.61. The molecule has 0 aliphatic rings. The van der Waals surface area contributed by atoms with Crippen LogP contribution in [0.4, 0.5) is 4.39 Å². The predicted octanol–water partition coefficient (Wildman–Crippen LogP) is 4.21. The van der Waals surface area contributed by atoms with E-state index in [2.05, 4.69) is 5.32 Å². The van der Waals surface area contributed by atoms with Crippen molar-refractivity contribution in [1.82, 2.24) is 5.32 Å². The fourth-order valence-electron chi connectivity index (χ4n) is 3.25. The summed E-state index contributed by atoms with van der Waals surface area (Å²) >= 11 is 0. The molecule has 0 radical (unpaired) electrons. The van der Waals surface area contributed by atoms with Crippen LogP contribution in [0.3, 0.4) is 0 Å². The normalized spacial score (nSPS) is 11.2. The average molecular weight is 458 g/mol. The van der Waals surface area contributed by atoms with Crippen LogP contribution in [0.25, 0.3) is 11.1 Å². The molecule has 0 heterocycles. The van der Waals surface area contributed by atoms with Crippen LogP contribution < -0.4 is 15.8 Å². The van der Waals surface area contributed by atoms with Crippen LogP contribution >= 0.6 is 12.4 Å². The number of carbonyl (C=O) groups is 1. The number of nitrogens with one attached hydrogen (secondary N) is 2. The number of methoxy groups -OCH3 is 2. The lowest BCUT2D eigenvalue weighted by atomic mass is 10.00. The zero-order valence-electron chi connectivity index (χ0n) is 17.7. The molecule has 0 saturated heterocycles. The van der Waals surface area contributed by atoms with Gasteiger partial charge in [0.2, 0.25) is 0 Å². The molecule has 0 fully saturated rings. The van der Waals surface area contributed by atoms with Crippen molar-refractivity contribution in [2.75, 3.05) is 14.2 Å². The Hall–Kier alpha value is -3.42. The van der Waals surface area contributed by atoms with E-state index in [-0.39, 0.29) is 30.4 Å². The molecule has 8 heteroatoms. The van der Waals surface area contributed by atoms with E-state index in [9.17, 15) is 9.18 Å². The topological polar surface area (TPSA) is 97.4 Å². The van der Waals surface area contributed by atoms with Crippen molar-refractivity contribution in [3.05, 3.63) is 89.2 Å². The van der Waals surface area contributed by atoms with Crippen LogP contribution in [-0.4, -0.2) is 26.0 Å². The SMILES string of the molecule is COc1ccccc1-c1ccc(C(OC)C(=O)NCc2ccc(C(=N)N)cc2)c(F)c1.Cl. The second kappa shape index (κ2) is 11.3. The number of nitrogen functional groups attached to an aromatic ring is 1. The molecule has 6 nitrogen and oxygen atoms in total. The van der Waals surface area contributed by atoms with Gasteiger partial charge in [-0.15, -0.1) is 12.4 Å². The van der Waals surface area contributed by atoms with Crippen LogP contribution in [-0.2, 0) is 16.1 Å². The quantitative estimate of drug-likeness (QED) is 0.348. The number of amides is 1. The Labute approximate surface area is 192 Å². The first-order chi connectivity index (χ1) is 14.9. The molecule has 1 amide bonds. The lowest BCUT2D eigenvalue weighted by Crippen LogP contribution is -2.30. The molecule has 0 spiro atoms. The van der Waals surface area contributed by atoms with E-state index < -0.39 is 17.8 Å². The molecular weight excluding hydrogens is 433 g/mol. The molecule has 3 aromatic carbocycles. The maximum Gasteiger partial charge on any atom is 0.254 e. The van der Waals surface area contributed by atoms with E-state index in [0.29, 0.717) is 16.9 Å². The second-order valence-electron chi connectivity index (χ2n) is 6.88. The number of benzene rings is 3. The van der Waals surface area contributed by atoms with Crippen molar-refractivity contribution in [1.29, 1.82) is 5.41 Å². The summed E-state index contributed by atoms with van der Waals surface area (Å²) in [5.41, 5.74) is 8.39. The smallest absolute Gasteiger partial charge is 0.254 e. The molecule has 4 N–H and O–H groups in total. The molecule has 0 aliphatic carbocycles. The molecule has 3 aromatic rings. The van der Waals surface area contributed by atoms with Crippen LogP contribution in [0.1, 0.15) is 22.8 Å². The van der Waals surface area contributed by atoms with Crippen molar-refractivity contribution in [2.45, 2.75) is 12.6 Å². The van der Waals surface area contributed by atoms with E-state index in [1.54, 1.807) is 49.6 Å². The van der Waals surface area contributed by atoms with E-state index >= 15 is 0 Å². The summed E-state index contributed by atoms with van der Waals surface area (Å²) in [7, 11) is 2.92. The summed E-state index contributed by atoms with van der Waals surface area (Å²) in [5, 5.41) is 10.2. The van der Waals surface area contributed by atoms with E-state index in [0.717, 1.165) is 11.1 Å². The largest absolute Gasteiger partial charge is 0.496 e. The lowest BCUT2D eigenvalue weighted by Gasteiger charge is -2.17. The maximum absolute atomic E-state index is 14.9. The Morgan fingerprint density at radius 3 is 2.38 bits per heavy atom. The Bertz CT molecular complexity index is 1090. The Kier molecular flexibility index (Phi) is 8.75. The van der Waals surface area contributed by atoms with Crippen LogP contribution in [0.5, 0.6) is 5.75 Å². The van der Waals surface area contributed by atoms with E-state index in [1.807, 2.05) is 18.2 Å². The zero-order valence-corrected chi connectivity index (χ0v) is 18.5. The first kappa shape index (κ1) is 24.8. The van der Waals surface area contributed by atoms with Gasteiger partial charge in [0.05, 0.1) is 7.11 Å². The number of amidine groups is 1. The molecule has 0 aromatic heterocycles. The number of rotatable bonds is 8. The van der Waals surface area contributed by atoms with Crippen molar-refractivity contribution in [3.63, 3.8) is 0 Å². The lowest BCUT2D eigenvalue weighted by molar-refractivity contribution is -0.131. The van der Waals surface area contributed by atoms with Gasteiger partial charge in [-0.05, 0) is 23.3 Å². The number of hydrogen-bond donors (Lipinski definition) is 3. The first-order valence-electron chi connectivity index (χ1n) is 9.61. The minimum Gasteiger partial charge on any atom is -0.496 e. The van der Waals surface area contributed by atoms with Crippen molar-refractivity contribution in [2.24, 2.45) is 5.73 Å². The summed E-state index contributed by atoms with van der Waals surface area (Å²) in [4.78, 5) is 12.7. The van der Waals surface area contributed by atoms with Gasteiger partial charge in [0.25, 0.3) is 5.91 Å². The minimum absolute atomic E-state index is 0. The summed E-state index contributed by atoms with van der Waals surface area (Å²) < 4.78 is 25.5. The second-order valence-corrected chi connectivity index (χ2v) is 6.88. The molecule has 0 saturated carbocycles. The Balaban J connectivity index is 0.00000363. The molecule has 3 rings (SSSR count). The maximum atomic E-state index is 14.9. The third-order valence-corrected chi connectivity index (χ3v) is 4.91. The number of para-hydroxylation sites is 1. The van der Waals surface area contributed by atoms with Gasteiger partial charge in [0.15, 0.2) is 6.10 Å². The van der Waals surface area contributed by atoms with Gasteiger partial charge < -0.3 is 20.5 Å². The summed E-state index contributed by atoms with van der Waals surface area (Å²) in [6.45, 7) is 0.234. The molecule has 1 unspecified atom stereocenters. The highest BCUT2D eigenvalue weighted by molar-refractivity contribution is 5.94. The van der Waals surface area contributed by atoms with Gasteiger partial charge >= 0.3 is 0 Å². The molecule has 0 aliphatic heterocycles. The number of hydrogen-bond acceptors (Lipinski definition) is 4. The van der Waals surface area contributed by atoms with E-state index in [4.69, 9.17) is 20.6 Å². The highest BCUT2D eigenvalue weighted by atomic mass is 35.5. The van der Waals surface area contributed by atoms with Gasteiger partial charge in [0.1, 0.15) is 17.4 Å². The fraction of sp³-hybridized carbons (Fsp3) is 0.167. The fourth-order valence-corrected chi connectivity index (χ4v) is 3.25. The average Bonchev–Trinajstić information content (AvgIpc) is 2.79. The zero-order chi connectivity index (χ0) is 22.4. The van der Waals surface area contributed by atoms with Crippen LogP contribution in [0.15, 0.2) is 66.7 Å². The van der Waals surface area contributed by atoms with Gasteiger partial charge in [-0.25, -0.2) is 4.39 Å².